The lowest BCUT2D eigenvalue weighted by atomic mass is 9.79. The molecule has 0 saturated carbocycles. The summed E-state index contributed by atoms with van der Waals surface area (Å²) in [7, 11) is 0. The molecule has 24 heavy (non-hydrogen) atoms. The fraction of sp³-hybridized carbons (Fsp3) is 0.750. The molecule has 0 spiro atoms. The topological polar surface area (TPSA) is 145 Å². The van der Waals surface area contributed by atoms with Crippen molar-refractivity contribution in [2.45, 2.75) is 63.1 Å². The van der Waals surface area contributed by atoms with E-state index in [2.05, 4.69) is 0 Å². The van der Waals surface area contributed by atoms with Crippen LogP contribution in [0.25, 0.3) is 0 Å². The third kappa shape index (κ3) is 5.64. The average Bonchev–Trinajstić information content (AvgIpc) is 2.56. The van der Waals surface area contributed by atoms with Crippen molar-refractivity contribution in [3.8, 4) is 0 Å². The van der Waals surface area contributed by atoms with Crippen molar-refractivity contribution in [2.75, 3.05) is 6.61 Å². The molecule has 0 bridgehead atoms. The lowest BCUT2D eigenvalue weighted by Crippen LogP contribution is -2.47. The van der Waals surface area contributed by atoms with Crippen molar-refractivity contribution < 1.29 is 39.9 Å². The SMILES string of the molecule is CC(C)(O)C1CC=C(C(=O)OCC(O)C(O)C(O)C(O)C=O)CC1. The van der Waals surface area contributed by atoms with Crippen LogP contribution in [0.1, 0.15) is 33.1 Å². The second kappa shape index (κ2) is 8.68. The van der Waals surface area contributed by atoms with E-state index in [0.29, 0.717) is 24.8 Å². The minimum atomic E-state index is -1.88. The van der Waals surface area contributed by atoms with Crippen LogP contribution in [-0.2, 0) is 14.3 Å². The highest BCUT2D eigenvalue weighted by atomic mass is 16.5. The van der Waals surface area contributed by atoms with Gasteiger partial charge in [0.05, 0.1) is 5.60 Å². The number of allylic oxidation sites excluding steroid dienone is 1. The Balaban J connectivity index is 2.49. The predicted molar refractivity (Wildman–Crippen MR) is 82.8 cm³/mol. The van der Waals surface area contributed by atoms with E-state index in [1.807, 2.05) is 0 Å². The molecule has 1 rings (SSSR count). The average molecular weight is 346 g/mol. The number of esters is 1. The van der Waals surface area contributed by atoms with Crippen LogP contribution in [-0.4, -0.2) is 74.4 Å². The molecule has 5 N–H and O–H groups in total. The fourth-order valence-corrected chi connectivity index (χ4v) is 2.52. The summed E-state index contributed by atoms with van der Waals surface area (Å²) in [6.07, 6.45) is -3.91. The summed E-state index contributed by atoms with van der Waals surface area (Å²) in [5.41, 5.74) is -0.410. The molecule has 138 valence electrons. The number of aliphatic hydroxyl groups excluding tert-OH is 4. The van der Waals surface area contributed by atoms with Crippen LogP contribution in [0, 0.1) is 5.92 Å². The van der Waals surface area contributed by atoms with Gasteiger partial charge in [-0.15, -0.1) is 0 Å². The smallest absolute Gasteiger partial charge is 0.333 e. The maximum Gasteiger partial charge on any atom is 0.333 e. The Bertz CT molecular complexity index is 467. The first kappa shape index (κ1) is 20.7. The number of aliphatic hydroxyl groups is 5. The van der Waals surface area contributed by atoms with Crippen molar-refractivity contribution in [3.63, 3.8) is 0 Å². The summed E-state index contributed by atoms with van der Waals surface area (Å²) < 4.78 is 4.89. The molecule has 5 atom stereocenters. The number of hydrogen-bond acceptors (Lipinski definition) is 8. The Labute approximate surface area is 140 Å². The Morgan fingerprint density at radius 3 is 2.42 bits per heavy atom. The Morgan fingerprint density at radius 1 is 1.33 bits per heavy atom. The molecule has 0 heterocycles. The van der Waals surface area contributed by atoms with E-state index in [9.17, 15) is 30.0 Å². The maximum atomic E-state index is 11.9. The summed E-state index contributed by atoms with van der Waals surface area (Å²) in [5, 5.41) is 47.7. The zero-order valence-corrected chi connectivity index (χ0v) is 13.8. The predicted octanol–water partition coefficient (Wildman–Crippen LogP) is -1.33. The van der Waals surface area contributed by atoms with E-state index in [1.165, 1.54) is 0 Å². The summed E-state index contributed by atoms with van der Waals surface area (Å²) in [6, 6.07) is 0. The number of hydrogen-bond donors (Lipinski definition) is 5. The second-order valence-electron chi connectivity index (χ2n) is 6.63. The fourth-order valence-electron chi connectivity index (χ4n) is 2.52. The first-order valence-electron chi connectivity index (χ1n) is 7.84. The molecule has 1 aliphatic carbocycles. The molecule has 0 aromatic rings. The van der Waals surface area contributed by atoms with Crippen LogP contribution in [0.5, 0.6) is 0 Å². The molecule has 8 heteroatoms. The van der Waals surface area contributed by atoms with Gasteiger partial charge in [0.2, 0.25) is 0 Å². The minimum Gasteiger partial charge on any atom is -0.459 e. The molecule has 0 saturated heterocycles. The Morgan fingerprint density at radius 2 is 1.96 bits per heavy atom. The van der Waals surface area contributed by atoms with E-state index in [0.717, 1.165) is 0 Å². The van der Waals surface area contributed by atoms with Crippen LogP contribution in [0.15, 0.2) is 11.6 Å². The summed E-state index contributed by atoms with van der Waals surface area (Å²) in [6.45, 7) is 2.84. The Hall–Kier alpha value is -1.32. The van der Waals surface area contributed by atoms with Crippen LogP contribution in [0.2, 0.25) is 0 Å². The lowest BCUT2D eigenvalue weighted by Gasteiger charge is -2.31. The highest BCUT2D eigenvalue weighted by molar-refractivity contribution is 5.88. The molecule has 0 aliphatic heterocycles. The molecular weight excluding hydrogens is 320 g/mol. The van der Waals surface area contributed by atoms with Gasteiger partial charge in [-0.1, -0.05) is 6.08 Å². The van der Waals surface area contributed by atoms with Gasteiger partial charge in [-0.25, -0.2) is 4.79 Å². The molecule has 0 aromatic heterocycles. The molecule has 5 unspecified atom stereocenters. The quantitative estimate of drug-likeness (QED) is 0.268. The third-order valence-corrected chi connectivity index (χ3v) is 4.29. The van der Waals surface area contributed by atoms with E-state index >= 15 is 0 Å². The molecule has 1 aliphatic rings. The van der Waals surface area contributed by atoms with Crippen LogP contribution in [0.4, 0.5) is 0 Å². The molecule has 0 aromatic carbocycles. The second-order valence-corrected chi connectivity index (χ2v) is 6.63. The summed E-state index contributed by atoms with van der Waals surface area (Å²) in [4.78, 5) is 22.3. The zero-order chi connectivity index (χ0) is 18.5. The van der Waals surface area contributed by atoms with Gasteiger partial charge in [0.15, 0.2) is 6.29 Å². The molecule has 0 amide bonds. The zero-order valence-electron chi connectivity index (χ0n) is 13.8. The lowest BCUT2D eigenvalue weighted by molar-refractivity contribution is -0.153. The Kier molecular flexibility index (Phi) is 7.50. The largest absolute Gasteiger partial charge is 0.459 e. The number of rotatable bonds is 8. The van der Waals surface area contributed by atoms with Crippen molar-refractivity contribution in [1.29, 1.82) is 0 Å². The number of aldehydes is 1. The van der Waals surface area contributed by atoms with Crippen molar-refractivity contribution >= 4 is 12.3 Å². The van der Waals surface area contributed by atoms with Gasteiger partial charge >= 0.3 is 5.97 Å². The minimum absolute atomic E-state index is 0.0263. The van der Waals surface area contributed by atoms with Crippen molar-refractivity contribution in [1.82, 2.24) is 0 Å². The van der Waals surface area contributed by atoms with E-state index in [1.54, 1.807) is 19.9 Å². The van der Waals surface area contributed by atoms with Gasteiger partial charge < -0.3 is 35.1 Å². The molecule has 0 fully saturated rings. The van der Waals surface area contributed by atoms with Gasteiger partial charge in [-0.05, 0) is 39.0 Å². The number of ether oxygens (including phenoxy) is 1. The maximum absolute atomic E-state index is 11.9. The molecular formula is C16H26O8. The summed E-state index contributed by atoms with van der Waals surface area (Å²) >= 11 is 0. The van der Waals surface area contributed by atoms with Crippen LogP contribution < -0.4 is 0 Å². The monoisotopic (exact) mass is 346 g/mol. The molecule has 0 radical (unpaired) electrons. The van der Waals surface area contributed by atoms with Gasteiger partial charge in [0, 0.05) is 5.57 Å². The first-order valence-corrected chi connectivity index (χ1v) is 7.84. The van der Waals surface area contributed by atoms with Crippen LogP contribution >= 0.6 is 0 Å². The van der Waals surface area contributed by atoms with Crippen molar-refractivity contribution in [3.05, 3.63) is 11.6 Å². The van der Waals surface area contributed by atoms with Crippen LogP contribution in [0.3, 0.4) is 0 Å². The van der Waals surface area contributed by atoms with E-state index in [4.69, 9.17) is 9.84 Å². The van der Waals surface area contributed by atoms with Gasteiger partial charge in [0.1, 0.15) is 31.0 Å². The molecule has 8 nitrogen and oxygen atoms in total. The third-order valence-electron chi connectivity index (χ3n) is 4.29. The highest BCUT2D eigenvalue weighted by Gasteiger charge is 2.32. The normalized spacial score (nSPS) is 23.6. The first-order chi connectivity index (χ1) is 11.1. The standard InChI is InChI=1S/C16H26O8/c1-16(2,23)10-5-3-9(4-6-10)15(22)24-8-12(19)14(21)13(20)11(18)7-17/h3,7,10-14,18-21,23H,4-6,8H2,1-2H3. The number of carbonyl (C=O) groups is 2. The summed E-state index contributed by atoms with van der Waals surface area (Å²) in [5.74, 6) is -0.609. The van der Waals surface area contributed by atoms with Crippen molar-refractivity contribution in [2.24, 2.45) is 5.92 Å². The van der Waals surface area contributed by atoms with E-state index in [-0.39, 0.29) is 12.2 Å². The van der Waals surface area contributed by atoms with Gasteiger partial charge in [-0.2, -0.15) is 0 Å². The van der Waals surface area contributed by atoms with E-state index < -0.39 is 42.6 Å². The van der Waals surface area contributed by atoms with Gasteiger partial charge in [-0.3, -0.25) is 0 Å². The highest BCUT2D eigenvalue weighted by Crippen LogP contribution is 2.32. The van der Waals surface area contributed by atoms with Gasteiger partial charge in [0.25, 0.3) is 0 Å². The number of carbonyl (C=O) groups excluding carboxylic acids is 2.